The lowest BCUT2D eigenvalue weighted by molar-refractivity contribution is -0.0579. The molecule has 98 valence electrons. The highest BCUT2D eigenvalue weighted by atomic mass is 19.4. The van der Waals surface area contributed by atoms with Crippen LogP contribution in [-0.4, -0.2) is 11.9 Å². The molecule has 0 fully saturated rings. The Morgan fingerprint density at radius 2 is 1.47 bits per heavy atom. The van der Waals surface area contributed by atoms with Crippen LogP contribution in [0, 0.1) is 6.92 Å². The molecule has 0 unspecified atom stereocenters. The van der Waals surface area contributed by atoms with Crippen molar-refractivity contribution in [2.24, 2.45) is 4.99 Å². The van der Waals surface area contributed by atoms with Crippen LogP contribution < -0.4 is 0 Å². The van der Waals surface area contributed by atoms with Crippen LogP contribution in [0.15, 0.2) is 59.6 Å². The first-order valence-corrected chi connectivity index (χ1v) is 5.75. The van der Waals surface area contributed by atoms with Gasteiger partial charge in [-0.3, -0.25) is 0 Å². The molecule has 1 nitrogen and oxygen atoms in total. The van der Waals surface area contributed by atoms with Crippen molar-refractivity contribution >= 4 is 11.4 Å². The van der Waals surface area contributed by atoms with Crippen molar-refractivity contribution in [3.8, 4) is 0 Å². The van der Waals surface area contributed by atoms with E-state index in [9.17, 15) is 13.2 Å². The van der Waals surface area contributed by atoms with Gasteiger partial charge in [0.05, 0.1) is 5.69 Å². The van der Waals surface area contributed by atoms with Gasteiger partial charge in [-0.05, 0) is 19.1 Å². The summed E-state index contributed by atoms with van der Waals surface area (Å²) in [6, 6.07) is 14.2. The molecule has 0 radical (unpaired) electrons. The molecule has 0 amide bonds. The molecule has 0 aliphatic carbocycles. The maximum absolute atomic E-state index is 13.0. The number of benzene rings is 2. The Morgan fingerprint density at radius 3 is 2.00 bits per heavy atom. The van der Waals surface area contributed by atoms with Crippen molar-refractivity contribution in [3.05, 3.63) is 65.7 Å². The Hall–Kier alpha value is -2.10. The fourth-order valence-electron chi connectivity index (χ4n) is 1.64. The summed E-state index contributed by atoms with van der Waals surface area (Å²) < 4.78 is 39.1. The highest BCUT2D eigenvalue weighted by Gasteiger charge is 2.36. The van der Waals surface area contributed by atoms with E-state index >= 15 is 0 Å². The van der Waals surface area contributed by atoms with Gasteiger partial charge in [0, 0.05) is 5.56 Å². The Morgan fingerprint density at radius 1 is 0.895 bits per heavy atom. The first-order valence-electron chi connectivity index (χ1n) is 5.75. The molecule has 0 N–H and O–H groups in total. The van der Waals surface area contributed by atoms with Crippen LogP contribution in [-0.2, 0) is 0 Å². The predicted octanol–water partition coefficient (Wildman–Crippen LogP) is 4.68. The van der Waals surface area contributed by atoms with Gasteiger partial charge < -0.3 is 0 Å². The van der Waals surface area contributed by atoms with Gasteiger partial charge in [0.1, 0.15) is 0 Å². The Bertz CT molecular complexity index is 569. The quantitative estimate of drug-likeness (QED) is 0.698. The third-order valence-corrected chi connectivity index (χ3v) is 2.59. The van der Waals surface area contributed by atoms with Crippen molar-refractivity contribution < 1.29 is 13.2 Å². The van der Waals surface area contributed by atoms with Gasteiger partial charge in [0.15, 0.2) is 5.71 Å². The smallest absolute Gasteiger partial charge is 0.243 e. The molecule has 2 rings (SSSR count). The summed E-state index contributed by atoms with van der Waals surface area (Å²) in [6.45, 7) is 1.87. The average molecular weight is 263 g/mol. The highest BCUT2D eigenvalue weighted by molar-refractivity contribution is 6.05. The average Bonchev–Trinajstić information content (AvgIpc) is 2.37. The molecule has 0 atom stereocenters. The number of nitrogens with zero attached hydrogens (tertiary/aromatic N) is 1. The number of hydrogen-bond acceptors (Lipinski definition) is 1. The SMILES string of the molecule is Cc1ccc(N=C(c2ccccc2)C(F)(F)F)cc1. The molecule has 0 aromatic heterocycles. The fraction of sp³-hybridized carbons (Fsp3) is 0.133. The van der Waals surface area contributed by atoms with E-state index in [1.165, 1.54) is 12.1 Å². The fourth-order valence-corrected chi connectivity index (χ4v) is 1.64. The normalized spacial score (nSPS) is 12.5. The van der Waals surface area contributed by atoms with Gasteiger partial charge in [0.2, 0.25) is 0 Å². The number of halogens is 3. The third kappa shape index (κ3) is 3.44. The molecule has 4 heteroatoms. The minimum atomic E-state index is -4.48. The Kier molecular flexibility index (Phi) is 3.69. The van der Waals surface area contributed by atoms with E-state index in [0.29, 0.717) is 5.69 Å². The van der Waals surface area contributed by atoms with Crippen LogP contribution in [0.25, 0.3) is 0 Å². The molecule has 0 aliphatic heterocycles. The maximum atomic E-state index is 13.0. The largest absolute Gasteiger partial charge is 0.433 e. The summed E-state index contributed by atoms with van der Waals surface area (Å²) in [7, 11) is 0. The van der Waals surface area contributed by atoms with Crippen LogP contribution in [0.1, 0.15) is 11.1 Å². The number of rotatable bonds is 2. The highest BCUT2D eigenvalue weighted by Crippen LogP contribution is 2.26. The number of alkyl halides is 3. The molecule has 0 saturated heterocycles. The minimum absolute atomic E-state index is 0.0653. The summed E-state index contributed by atoms with van der Waals surface area (Å²) in [4.78, 5) is 3.73. The topological polar surface area (TPSA) is 12.4 Å². The second-order valence-corrected chi connectivity index (χ2v) is 4.16. The molecule has 0 saturated carbocycles. The summed E-state index contributed by atoms with van der Waals surface area (Å²) in [5.74, 6) is 0. The van der Waals surface area contributed by atoms with E-state index in [1.807, 2.05) is 6.92 Å². The molecule has 19 heavy (non-hydrogen) atoms. The molecule has 2 aromatic carbocycles. The van der Waals surface area contributed by atoms with Gasteiger partial charge in [-0.2, -0.15) is 13.2 Å². The zero-order valence-electron chi connectivity index (χ0n) is 10.3. The van der Waals surface area contributed by atoms with Gasteiger partial charge >= 0.3 is 6.18 Å². The van der Waals surface area contributed by atoms with Gasteiger partial charge in [-0.1, -0.05) is 48.0 Å². The standard InChI is InChI=1S/C15H12F3N/c1-11-7-9-13(10-8-11)19-14(15(16,17)18)12-5-3-2-4-6-12/h2-10H,1H3. The number of aryl methyl sites for hydroxylation is 1. The van der Waals surface area contributed by atoms with E-state index in [2.05, 4.69) is 4.99 Å². The molecule has 0 bridgehead atoms. The van der Waals surface area contributed by atoms with E-state index in [4.69, 9.17) is 0 Å². The van der Waals surface area contributed by atoms with Crippen LogP contribution in [0.3, 0.4) is 0 Å². The number of hydrogen-bond donors (Lipinski definition) is 0. The predicted molar refractivity (Wildman–Crippen MR) is 69.9 cm³/mol. The lowest BCUT2D eigenvalue weighted by Crippen LogP contribution is -2.23. The van der Waals surface area contributed by atoms with Crippen molar-refractivity contribution in [1.29, 1.82) is 0 Å². The van der Waals surface area contributed by atoms with Gasteiger partial charge in [-0.15, -0.1) is 0 Å². The Labute approximate surface area is 109 Å². The van der Waals surface area contributed by atoms with E-state index < -0.39 is 11.9 Å². The Balaban J connectivity index is 2.47. The molecule has 0 spiro atoms. The number of aliphatic imine (C=N–C) groups is 1. The second kappa shape index (κ2) is 5.26. The monoisotopic (exact) mass is 263 g/mol. The lowest BCUT2D eigenvalue weighted by atomic mass is 10.1. The lowest BCUT2D eigenvalue weighted by Gasteiger charge is -2.10. The van der Waals surface area contributed by atoms with Crippen LogP contribution in [0.5, 0.6) is 0 Å². The van der Waals surface area contributed by atoms with Crippen LogP contribution in [0.2, 0.25) is 0 Å². The summed E-state index contributed by atoms with van der Waals surface area (Å²) in [5.41, 5.74) is 0.460. The van der Waals surface area contributed by atoms with Gasteiger partial charge in [0.25, 0.3) is 0 Å². The van der Waals surface area contributed by atoms with Crippen molar-refractivity contribution in [2.45, 2.75) is 13.1 Å². The van der Waals surface area contributed by atoms with E-state index in [0.717, 1.165) is 5.56 Å². The molecule has 0 heterocycles. The zero-order chi connectivity index (χ0) is 13.9. The summed E-state index contributed by atoms with van der Waals surface area (Å²) in [6.07, 6.45) is -4.48. The van der Waals surface area contributed by atoms with Crippen LogP contribution >= 0.6 is 0 Å². The molecule has 2 aromatic rings. The third-order valence-electron chi connectivity index (χ3n) is 2.59. The van der Waals surface area contributed by atoms with Gasteiger partial charge in [-0.25, -0.2) is 4.99 Å². The first kappa shape index (κ1) is 13.3. The molecule has 0 aliphatic rings. The van der Waals surface area contributed by atoms with Crippen molar-refractivity contribution in [1.82, 2.24) is 0 Å². The van der Waals surface area contributed by atoms with Crippen molar-refractivity contribution in [2.75, 3.05) is 0 Å². The first-order chi connectivity index (χ1) is 8.97. The molecular weight excluding hydrogens is 251 g/mol. The molecular formula is C15H12F3N. The zero-order valence-corrected chi connectivity index (χ0v) is 10.3. The minimum Gasteiger partial charge on any atom is -0.243 e. The maximum Gasteiger partial charge on any atom is 0.433 e. The van der Waals surface area contributed by atoms with E-state index in [1.54, 1.807) is 42.5 Å². The van der Waals surface area contributed by atoms with Crippen LogP contribution in [0.4, 0.5) is 18.9 Å². The summed E-state index contributed by atoms with van der Waals surface area (Å²) >= 11 is 0. The summed E-state index contributed by atoms with van der Waals surface area (Å²) in [5, 5.41) is 0. The van der Waals surface area contributed by atoms with E-state index in [-0.39, 0.29) is 5.56 Å². The van der Waals surface area contributed by atoms with Crippen molar-refractivity contribution in [3.63, 3.8) is 0 Å². The second-order valence-electron chi connectivity index (χ2n) is 4.16.